The van der Waals surface area contributed by atoms with Crippen molar-refractivity contribution in [2.24, 2.45) is 0 Å². The topological polar surface area (TPSA) is 50.3 Å². The van der Waals surface area contributed by atoms with E-state index in [0.717, 1.165) is 34.1 Å². The SMILES string of the molecule is Cc1cccc(-c2csc(N3CCC(S(=O)(=O)c4ccc(F)cc4F)CC3)n2)c1. The lowest BCUT2D eigenvalue weighted by atomic mass is 10.1. The molecule has 2 aromatic carbocycles. The minimum Gasteiger partial charge on any atom is -0.348 e. The number of hydrogen-bond donors (Lipinski definition) is 0. The summed E-state index contributed by atoms with van der Waals surface area (Å²) in [5.74, 6) is -1.82. The summed E-state index contributed by atoms with van der Waals surface area (Å²) in [5, 5.41) is 2.17. The second-order valence-electron chi connectivity index (χ2n) is 7.19. The van der Waals surface area contributed by atoms with Crippen molar-refractivity contribution in [2.45, 2.75) is 29.9 Å². The van der Waals surface area contributed by atoms with Crippen molar-refractivity contribution in [3.63, 3.8) is 0 Å². The van der Waals surface area contributed by atoms with Gasteiger partial charge in [0.2, 0.25) is 0 Å². The van der Waals surface area contributed by atoms with Gasteiger partial charge >= 0.3 is 0 Å². The minimum absolute atomic E-state index is 0.374. The Balaban J connectivity index is 1.47. The van der Waals surface area contributed by atoms with Crippen LogP contribution in [0.2, 0.25) is 0 Å². The van der Waals surface area contributed by atoms with Gasteiger partial charge in [-0.1, -0.05) is 23.8 Å². The molecule has 1 aliphatic heterocycles. The van der Waals surface area contributed by atoms with E-state index < -0.39 is 31.6 Å². The van der Waals surface area contributed by atoms with Gasteiger partial charge in [0.05, 0.1) is 10.9 Å². The molecule has 1 aromatic heterocycles. The normalized spacial score (nSPS) is 15.6. The fourth-order valence-corrected chi connectivity index (χ4v) is 6.26. The Bertz CT molecular complexity index is 1140. The molecule has 152 valence electrons. The standard InChI is InChI=1S/C21H20F2N2O2S2/c1-14-3-2-4-15(11-14)19-13-28-21(24-19)25-9-7-17(8-10-25)29(26,27)20-6-5-16(22)12-18(20)23/h2-6,11-13,17H,7-10H2,1H3. The summed E-state index contributed by atoms with van der Waals surface area (Å²) < 4.78 is 52.7. The van der Waals surface area contributed by atoms with Crippen LogP contribution < -0.4 is 4.90 Å². The largest absolute Gasteiger partial charge is 0.348 e. The van der Waals surface area contributed by atoms with E-state index in [1.54, 1.807) is 0 Å². The van der Waals surface area contributed by atoms with E-state index in [-0.39, 0.29) is 0 Å². The van der Waals surface area contributed by atoms with Crippen molar-refractivity contribution >= 4 is 26.3 Å². The van der Waals surface area contributed by atoms with Crippen LogP contribution in [0.3, 0.4) is 0 Å². The number of benzene rings is 2. The first-order valence-corrected chi connectivity index (χ1v) is 11.7. The van der Waals surface area contributed by atoms with Crippen molar-refractivity contribution in [3.8, 4) is 11.3 Å². The Morgan fingerprint density at radius 2 is 1.86 bits per heavy atom. The van der Waals surface area contributed by atoms with E-state index in [0.29, 0.717) is 32.0 Å². The summed E-state index contributed by atoms with van der Waals surface area (Å²) in [6, 6.07) is 10.7. The Morgan fingerprint density at radius 3 is 2.55 bits per heavy atom. The third-order valence-electron chi connectivity index (χ3n) is 5.16. The molecule has 0 radical (unpaired) electrons. The van der Waals surface area contributed by atoms with Crippen LogP contribution in [0.1, 0.15) is 18.4 Å². The lowest BCUT2D eigenvalue weighted by Crippen LogP contribution is -2.39. The second kappa shape index (κ2) is 7.84. The van der Waals surface area contributed by atoms with Crippen LogP contribution in [0, 0.1) is 18.6 Å². The van der Waals surface area contributed by atoms with Crippen molar-refractivity contribution in [2.75, 3.05) is 18.0 Å². The average molecular weight is 435 g/mol. The fourth-order valence-electron chi connectivity index (χ4n) is 3.59. The molecule has 0 atom stereocenters. The van der Waals surface area contributed by atoms with Crippen LogP contribution in [0.4, 0.5) is 13.9 Å². The van der Waals surface area contributed by atoms with E-state index in [1.165, 1.54) is 11.3 Å². The number of halogens is 2. The Kier molecular flexibility index (Phi) is 5.40. The summed E-state index contributed by atoms with van der Waals surface area (Å²) in [6.45, 7) is 3.08. The molecule has 2 heterocycles. The second-order valence-corrected chi connectivity index (χ2v) is 10.2. The first-order valence-electron chi connectivity index (χ1n) is 9.31. The van der Waals surface area contributed by atoms with Gasteiger partial charge in [-0.3, -0.25) is 0 Å². The van der Waals surface area contributed by atoms with Gasteiger partial charge in [0.15, 0.2) is 15.0 Å². The molecule has 4 nitrogen and oxygen atoms in total. The first kappa shape index (κ1) is 20.0. The third-order valence-corrected chi connectivity index (χ3v) is 8.35. The monoisotopic (exact) mass is 434 g/mol. The Labute approximate surface area is 172 Å². The highest BCUT2D eigenvalue weighted by Gasteiger charge is 2.34. The molecule has 29 heavy (non-hydrogen) atoms. The van der Waals surface area contributed by atoms with E-state index in [4.69, 9.17) is 4.98 Å². The third kappa shape index (κ3) is 4.04. The van der Waals surface area contributed by atoms with E-state index in [2.05, 4.69) is 11.0 Å². The number of thiazole rings is 1. The predicted molar refractivity (Wildman–Crippen MR) is 111 cm³/mol. The number of piperidine rings is 1. The molecule has 1 fully saturated rings. The van der Waals surface area contributed by atoms with Gasteiger partial charge in [0.1, 0.15) is 16.5 Å². The van der Waals surface area contributed by atoms with E-state index in [1.807, 2.05) is 30.5 Å². The number of nitrogens with zero attached hydrogens (tertiary/aromatic N) is 2. The summed E-state index contributed by atoms with van der Waals surface area (Å²) in [4.78, 5) is 6.35. The lowest BCUT2D eigenvalue weighted by molar-refractivity contribution is 0.516. The number of sulfone groups is 1. The summed E-state index contributed by atoms with van der Waals surface area (Å²) in [5.41, 5.74) is 3.12. The van der Waals surface area contributed by atoms with Gasteiger partial charge in [-0.25, -0.2) is 22.2 Å². The molecular weight excluding hydrogens is 414 g/mol. The molecule has 1 saturated heterocycles. The van der Waals surface area contributed by atoms with Crippen molar-refractivity contribution in [1.29, 1.82) is 0 Å². The molecule has 4 rings (SSSR count). The van der Waals surface area contributed by atoms with Gasteiger partial charge in [-0.05, 0) is 38.0 Å². The molecular formula is C21H20F2N2O2S2. The van der Waals surface area contributed by atoms with E-state index in [9.17, 15) is 17.2 Å². The molecule has 1 aliphatic rings. The highest BCUT2D eigenvalue weighted by atomic mass is 32.2. The lowest BCUT2D eigenvalue weighted by Gasteiger charge is -2.31. The maximum absolute atomic E-state index is 14.0. The highest BCUT2D eigenvalue weighted by Crippen LogP contribution is 2.32. The zero-order valence-corrected chi connectivity index (χ0v) is 17.4. The molecule has 8 heteroatoms. The fraction of sp³-hybridized carbons (Fsp3) is 0.286. The van der Waals surface area contributed by atoms with Gasteiger partial charge in [0, 0.05) is 30.1 Å². The van der Waals surface area contributed by atoms with Crippen LogP contribution in [-0.4, -0.2) is 31.7 Å². The molecule has 0 bridgehead atoms. The molecule has 0 spiro atoms. The molecule has 0 unspecified atom stereocenters. The van der Waals surface area contributed by atoms with Crippen LogP contribution in [0.5, 0.6) is 0 Å². The Morgan fingerprint density at radius 1 is 1.10 bits per heavy atom. The first-order chi connectivity index (χ1) is 13.8. The smallest absolute Gasteiger partial charge is 0.185 e. The van der Waals surface area contributed by atoms with Crippen molar-refractivity contribution < 1.29 is 17.2 Å². The van der Waals surface area contributed by atoms with Gasteiger partial charge < -0.3 is 4.90 Å². The number of aromatic nitrogens is 1. The summed E-state index contributed by atoms with van der Waals surface area (Å²) in [7, 11) is -3.84. The highest BCUT2D eigenvalue weighted by molar-refractivity contribution is 7.92. The van der Waals surface area contributed by atoms with Crippen molar-refractivity contribution in [1.82, 2.24) is 4.98 Å². The van der Waals surface area contributed by atoms with Gasteiger partial charge in [-0.15, -0.1) is 11.3 Å². The molecule has 0 saturated carbocycles. The number of anilines is 1. The van der Waals surface area contributed by atoms with Crippen LogP contribution >= 0.6 is 11.3 Å². The summed E-state index contributed by atoms with van der Waals surface area (Å²) >= 11 is 1.53. The van der Waals surface area contributed by atoms with Crippen LogP contribution in [0.25, 0.3) is 11.3 Å². The molecule has 3 aromatic rings. The predicted octanol–water partition coefficient (Wildman–Crippen LogP) is 4.84. The van der Waals surface area contributed by atoms with Gasteiger partial charge in [-0.2, -0.15) is 0 Å². The molecule has 0 aliphatic carbocycles. The molecule has 0 N–H and O–H groups in total. The maximum Gasteiger partial charge on any atom is 0.185 e. The summed E-state index contributed by atoms with van der Waals surface area (Å²) in [6.07, 6.45) is 0.747. The average Bonchev–Trinajstić information content (AvgIpc) is 3.18. The number of rotatable bonds is 4. The van der Waals surface area contributed by atoms with Crippen LogP contribution in [0.15, 0.2) is 52.7 Å². The zero-order chi connectivity index (χ0) is 20.6. The van der Waals surface area contributed by atoms with Crippen LogP contribution in [-0.2, 0) is 9.84 Å². The quantitative estimate of drug-likeness (QED) is 0.552. The molecule has 0 amide bonds. The Hall–Kier alpha value is -2.32. The maximum atomic E-state index is 14.0. The van der Waals surface area contributed by atoms with Crippen molar-refractivity contribution in [3.05, 3.63) is 65.0 Å². The van der Waals surface area contributed by atoms with Gasteiger partial charge in [0.25, 0.3) is 0 Å². The number of hydrogen-bond acceptors (Lipinski definition) is 5. The zero-order valence-electron chi connectivity index (χ0n) is 15.8. The van der Waals surface area contributed by atoms with E-state index >= 15 is 0 Å². The minimum atomic E-state index is -3.84. The number of aryl methyl sites for hydroxylation is 1.